The molecule has 0 aromatic carbocycles. The first-order chi connectivity index (χ1) is 12.4. The van der Waals surface area contributed by atoms with E-state index in [-0.39, 0.29) is 11.5 Å². The van der Waals surface area contributed by atoms with Crippen LogP contribution in [0.25, 0.3) is 11.6 Å². The average Bonchev–Trinajstić information content (AvgIpc) is 3.32. The molecule has 0 unspecified atom stereocenters. The normalized spacial score (nSPS) is 19.2. The van der Waals surface area contributed by atoms with Gasteiger partial charge < -0.3 is 10.1 Å². The number of ether oxygens (including phenoxy) is 1. The molecule has 1 fully saturated rings. The van der Waals surface area contributed by atoms with E-state index in [0.29, 0.717) is 12.0 Å². The molecule has 0 aliphatic carbocycles. The van der Waals surface area contributed by atoms with Crippen molar-refractivity contribution in [1.82, 2.24) is 5.32 Å². The summed E-state index contributed by atoms with van der Waals surface area (Å²) in [7, 11) is -3.07. The second-order valence-electron chi connectivity index (χ2n) is 5.79. The van der Waals surface area contributed by atoms with Crippen LogP contribution >= 0.6 is 22.7 Å². The molecule has 1 atom stereocenters. The molecular formula is C17H17NO5S3. The summed E-state index contributed by atoms with van der Waals surface area (Å²) < 4.78 is 28.0. The van der Waals surface area contributed by atoms with Crippen LogP contribution < -0.4 is 5.32 Å². The minimum atomic E-state index is -3.07. The third-order valence-electron chi connectivity index (χ3n) is 3.77. The highest BCUT2D eigenvalue weighted by Crippen LogP contribution is 2.25. The van der Waals surface area contributed by atoms with Crippen LogP contribution in [0, 0.1) is 0 Å². The van der Waals surface area contributed by atoms with Gasteiger partial charge in [0.25, 0.3) is 5.91 Å². The SMILES string of the molecule is O=C(COC(=O)/C(=C/c1cccs1)c1cccs1)N[C@H]1CCS(=O)(=O)C1. The largest absolute Gasteiger partial charge is 0.452 e. The molecule has 1 N–H and O–H groups in total. The molecule has 138 valence electrons. The zero-order chi connectivity index (χ0) is 18.6. The Morgan fingerprint density at radius 2 is 2.00 bits per heavy atom. The highest BCUT2D eigenvalue weighted by atomic mass is 32.2. The molecule has 0 spiro atoms. The Balaban J connectivity index is 1.61. The molecule has 3 rings (SSSR count). The third kappa shape index (κ3) is 5.03. The van der Waals surface area contributed by atoms with Gasteiger partial charge in [0.05, 0.1) is 17.1 Å². The van der Waals surface area contributed by atoms with E-state index in [0.717, 1.165) is 9.75 Å². The van der Waals surface area contributed by atoms with Crippen molar-refractivity contribution in [3.05, 3.63) is 44.8 Å². The van der Waals surface area contributed by atoms with Crippen molar-refractivity contribution in [2.24, 2.45) is 0 Å². The monoisotopic (exact) mass is 411 g/mol. The molecule has 1 saturated heterocycles. The van der Waals surface area contributed by atoms with Crippen LogP contribution in [0.2, 0.25) is 0 Å². The van der Waals surface area contributed by atoms with E-state index in [2.05, 4.69) is 5.32 Å². The second kappa shape index (κ2) is 8.15. The lowest BCUT2D eigenvalue weighted by Gasteiger charge is -2.11. The Morgan fingerprint density at radius 1 is 1.23 bits per heavy atom. The summed E-state index contributed by atoms with van der Waals surface area (Å²) in [6.45, 7) is -0.442. The molecule has 6 nitrogen and oxygen atoms in total. The lowest BCUT2D eigenvalue weighted by Crippen LogP contribution is -2.38. The molecule has 1 amide bonds. The minimum Gasteiger partial charge on any atom is -0.452 e. The van der Waals surface area contributed by atoms with E-state index in [9.17, 15) is 18.0 Å². The molecule has 2 aromatic heterocycles. The molecule has 9 heteroatoms. The average molecular weight is 412 g/mol. The first-order valence-electron chi connectivity index (χ1n) is 7.89. The lowest BCUT2D eigenvalue weighted by molar-refractivity contribution is -0.143. The maximum atomic E-state index is 12.5. The number of sulfone groups is 1. The predicted molar refractivity (Wildman–Crippen MR) is 103 cm³/mol. The van der Waals surface area contributed by atoms with Crippen molar-refractivity contribution in [2.75, 3.05) is 18.1 Å². The molecular weight excluding hydrogens is 394 g/mol. The molecule has 3 heterocycles. The summed E-state index contributed by atoms with van der Waals surface area (Å²) in [5, 5.41) is 6.37. The van der Waals surface area contributed by atoms with E-state index in [1.54, 1.807) is 6.08 Å². The molecule has 26 heavy (non-hydrogen) atoms. The van der Waals surface area contributed by atoms with Crippen LogP contribution in [-0.4, -0.2) is 44.4 Å². The zero-order valence-corrected chi connectivity index (χ0v) is 16.2. The van der Waals surface area contributed by atoms with E-state index < -0.39 is 34.4 Å². The number of amides is 1. The van der Waals surface area contributed by atoms with E-state index >= 15 is 0 Å². The van der Waals surface area contributed by atoms with Gasteiger partial charge in [-0.3, -0.25) is 4.79 Å². The van der Waals surface area contributed by atoms with Gasteiger partial charge in [0.15, 0.2) is 16.4 Å². The zero-order valence-electron chi connectivity index (χ0n) is 13.7. The smallest absolute Gasteiger partial charge is 0.340 e. The van der Waals surface area contributed by atoms with Crippen LogP contribution in [0.15, 0.2) is 35.0 Å². The maximum Gasteiger partial charge on any atom is 0.340 e. The van der Waals surface area contributed by atoms with Gasteiger partial charge in [-0.2, -0.15) is 0 Å². The van der Waals surface area contributed by atoms with Gasteiger partial charge in [0, 0.05) is 15.8 Å². The fraction of sp³-hybridized carbons (Fsp3) is 0.294. The van der Waals surface area contributed by atoms with Gasteiger partial charge in [-0.15, -0.1) is 22.7 Å². The van der Waals surface area contributed by atoms with Gasteiger partial charge in [0.1, 0.15) is 0 Å². The van der Waals surface area contributed by atoms with E-state index in [1.165, 1.54) is 22.7 Å². The summed E-state index contributed by atoms with van der Waals surface area (Å²) in [5.41, 5.74) is 0.388. The molecule has 2 aromatic rings. The van der Waals surface area contributed by atoms with E-state index in [1.807, 2.05) is 35.0 Å². The van der Waals surface area contributed by atoms with Crippen LogP contribution in [0.4, 0.5) is 0 Å². The van der Waals surface area contributed by atoms with Gasteiger partial charge in [-0.25, -0.2) is 13.2 Å². The predicted octanol–water partition coefficient (Wildman–Crippen LogP) is 2.20. The van der Waals surface area contributed by atoms with Crippen molar-refractivity contribution in [2.45, 2.75) is 12.5 Å². The molecule has 0 radical (unpaired) electrons. The fourth-order valence-corrected chi connectivity index (χ4v) is 5.63. The summed E-state index contributed by atoms with van der Waals surface area (Å²) in [4.78, 5) is 26.1. The van der Waals surface area contributed by atoms with Crippen LogP contribution in [0.3, 0.4) is 0 Å². The van der Waals surface area contributed by atoms with Gasteiger partial charge >= 0.3 is 5.97 Å². The van der Waals surface area contributed by atoms with Crippen molar-refractivity contribution >= 4 is 56.0 Å². The van der Waals surface area contributed by atoms with Gasteiger partial charge in [-0.1, -0.05) is 12.1 Å². The topological polar surface area (TPSA) is 89.5 Å². The first-order valence-corrected chi connectivity index (χ1v) is 11.5. The number of hydrogen-bond donors (Lipinski definition) is 1. The fourth-order valence-electron chi connectivity index (χ4n) is 2.57. The molecule has 0 saturated carbocycles. The van der Waals surface area contributed by atoms with Crippen molar-refractivity contribution in [1.29, 1.82) is 0 Å². The number of hydrogen-bond acceptors (Lipinski definition) is 7. The Kier molecular flexibility index (Phi) is 5.90. The molecule has 1 aliphatic heterocycles. The number of rotatable bonds is 6. The third-order valence-corrected chi connectivity index (χ3v) is 7.26. The number of carbonyl (C=O) groups is 2. The van der Waals surface area contributed by atoms with Gasteiger partial charge in [-0.05, 0) is 35.4 Å². The van der Waals surface area contributed by atoms with Crippen LogP contribution in [0.1, 0.15) is 16.2 Å². The minimum absolute atomic E-state index is 0.0641. The second-order valence-corrected chi connectivity index (χ2v) is 9.95. The van der Waals surface area contributed by atoms with Crippen molar-refractivity contribution in [3.63, 3.8) is 0 Å². The maximum absolute atomic E-state index is 12.5. The first kappa shape index (κ1) is 18.8. The Bertz CT molecular complexity index is 898. The standard InChI is InChI=1S/C17H17NO5S3/c19-16(18-12-5-8-26(21,22)11-12)10-23-17(20)14(15-4-2-7-25-15)9-13-3-1-6-24-13/h1-4,6-7,9,12H,5,8,10-11H2,(H,18,19)/b14-9+/t12-/m0/s1. The van der Waals surface area contributed by atoms with E-state index in [4.69, 9.17) is 4.74 Å². The Morgan fingerprint density at radius 3 is 2.62 bits per heavy atom. The summed E-state index contributed by atoms with van der Waals surface area (Å²) in [6, 6.07) is 7.01. The highest BCUT2D eigenvalue weighted by Gasteiger charge is 2.29. The van der Waals surface area contributed by atoms with Crippen LogP contribution in [0.5, 0.6) is 0 Å². The van der Waals surface area contributed by atoms with Crippen molar-refractivity contribution in [3.8, 4) is 0 Å². The lowest BCUT2D eigenvalue weighted by atomic mass is 10.2. The summed E-state index contributed by atoms with van der Waals surface area (Å²) in [5.74, 6) is -1.08. The molecule has 0 bridgehead atoms. The number of esters is 1. The number of carbonyl (C=O) groups excluding carboxylic acids is 2. The highest BCUT2D eigenvalue weighted by molar-refractivity contribution is 7.91. The van der Waals surface area contributed by atoms with Gasteiger partial charge in [0.2, 0.25) is 0 Å². The Hall–Kier alpha value is -1.97. The number of thiophene rings is 2. The summed E-state index contributed by atoms with van der Waals surface area (Å²) in [6.07, 6.45) is 2.13. The quantitative estimate of drug-likeness (QED) is 0.581. The number of nitrogens with one attached hydrogen (secondary N) is 1. The molecule has 1 aliphatic rings. The Labute approximate surface area is 159 Å². The summed E-state index contributed by atoms with van der Waals surface area (Å²) >= 11 is 2.91. The van der Waals surface area contributed by atoms with Crippen molar-refractivity contribution < 1.29 is 22.7 Å². The van der Waals surface area contributed by atoms with Crippen LogP contribution in [-0.2, 0) is 24.2 Å².